The van der Waals surface area contributed by atoms with E-state index >= 15 is 0 Å². The molecule has 1 rings (SSSR count). The molecular formula is C15H24BrClN2O. The van der Waals surface area contributed by atoms with Crippen LogP contribution in [0.1, 0.15) is 37.8 Å². The van der Waals surface area contributed by atoms with E-state index < -0.39 is 5.41 Å². The van der Waals surface area contributed by atoms with Crippen molar-refractivity contribution in [1.29, 1.82) is 0 Å². The molecule has 0 bridgehead atoms. The summed E-state index contributed by atoms with van der Waals surface area (Å²) < 4.78 is 1.05. The number of nitrogens with two attached hydrogens (primary N) is 1. The molecule has 0 aliphatic carbocycles. The van der Waals surface area contributed by atoms with Crippen LogP contribution < -0.4 is 11.1 Å². The highest BCUT2D eigenvalue weighted by atomic mass is 79.9. The zero-order chi connectivity index (χ0) is 14.5. The van der Waals surface area contributed by atoms with Crippen molar-refractivity contribution in [3.63, 3.8) is 0 Å². The van der Waals surface area contributed by atoms with Crippen LogP contribution in [0.5, 0.6) is 0 Å². The molecule has 0 aromatic heterocycles. The fourth-order valence-electron chi connectivity index (χ4n) is 2.17. The van der Waals surface area contributed by atoms with Gasteiger partial charge >= 0.3 is 0 Å². The summed E-state index contributed by atoms with van der Waals surface area (Å²) in [7, 11) is 0. The van der Waals surface area contributed by atoms with Crippen molar-refractivity contribution in [2.75, 3.05) is 6.54 Å². The van der Waals surface area contributed by atoms with Gasteiger partial charge in [0.25, 0.3) is 0 Å². The highest BCUT2D eigenvalue weighted by Gasteiger charge is 2.32. The lowest BCUT2D eigenvalue weighted by Crippen LogP contribution is -2.45. The van der Waals surface area contributed by atoms with Gasteiger partial charge in [0.2, 0.25) is 5.91 Å². The number of halogens is 2. The lowest BCUT2D eigenvalue weighted by molar-refractivity contribution is -0.131. The normalized spacial score (nSPS) is 10.8. The average Bonchev–Trinajstić information content (AvgIpc) is 2.40. The molecule has 0 unspecified atom stereocenters. The molecule has 0 saturated carbocycles. The van der Waals surface area contributed by atoms with E-state index in [1.165, 1.54) is 5.56 Å². The molecule has 0 fully saturated rings. The topological polar surface area (TPSA) is 55.1 Å². The number of carbonyl (C=O) groups excluding carboxylic acids is 1. The van der Waals surface area contributed by atoms with E-state index in [0.29, 0.717) is 13.1 Å². The van der Waals surface area contributed by atoms with Crippen molar-refractivity contribution in [2.45, 2.75) is 40.2 Å². The largest absolute Gasteiger partial charge is 0.351 e. The summed E-state index contributed by atoms with van der Waals surface area (Å²) in [5.74, 6) is 0.0577. The molecule has 114 valence electrons. The van der Waals surface area contributed by atoms with E-state index in [1.54, 1.807) is 0 Å². The van der Waals surface area contributed by atoms with Gasteiger partial charge in [-0.05, 0) is 43.0 Å². The Labute approximate surface area is 136 Å². The van der Waals surface area contributed by atoms with Gasteiger partial charge in [-0.3, -0.25) is 4.79 Å². The Balaban J connectivity index is 0.00000361. The van der Waals surface area contributed by atoms with Gasteiger partial charge in [-0.1, -0.05) is 35.8 Å². The van der Waals surface area contributed by atoms with Gasteiger partial charge < -0.3 is 11.1 Å². The lowest BCUT2D eigenvalue weighted by atomic mass is 9.81. The Morgan fingerprint density at radius 2 is 1.95 bits per heavy atom. The van der Waals surface area contributed by atoms with E-state index in [1.807, 2.05) is 32.9 Å². The number of amides is 1. The Kier molecular flexibility index (Phi) is 8.40. The summed E-state index contributed by atoms with van der Waals surface area (Å²) in [4.78, 5) is 12.3. The Morgan fingerprint density at radius 1 is 1.35 bits per heavy atom. The molecular weight excluding hydrogens is 340 g/mol. The van der Waals surface area contributed by atoms with Crippen LogP contribution >= 0.6 is 28.3 Å². The summed E-state index contributed by atoms with van der Waals surface area (Å²) >= 11 is 3.44. The second kappa shape index (κ2) is 8.65. The van der Waals surface area contributed by atoms with E-state index in [0.717, 1.165) is 22.9 Å². The Morgan fingerprint density at radius 3 is 2.40 bits per heavy atom. The molecule has 1 aromatic carbocycles. The van der Waals surface area contributed by atoms with Crippen LogP contribution in [0.15, 0.2) is 22.7 Å². The standard InChI is InChI=1S/C15H23BrN2O.ClH/c1-4-15(5-2,10-17)14(19)18-9-12-6-7-13(16)8-11(12)3;/h6-8H,4-5,9-10,17H2,1-3H3,(H,18,19);1H. The van der Waals surface area contributed by atoms with Crippen LogP contribution in [-0.4, -0.2) is 12.5 Å². The SMILES string of the molecule is CCC(CC)(CN)C(=O)NCc1ccc(Br)cc1C.Cl. The molecule has 1 aromatic rings. The number of rotatable bonds is 6. The predicted molar refractivity (Wildman–Crippen MR) is 90.0 cm³/mol. The Hall–Kier alpha value is -0.580. The fraction of sp³-hybridized carbons (Fsp3) is 0.533. The highest BCUT2D eigenvalue weighted by Crippen LogP contribution is 2.25. The van der Waals surface area contributed by atoms with Gasteiger partial charge in [0.05, 0.1) is 5.41 Å². The second-order valence-electron chi connectivity index (χ2n) is 4.95. The summed E-state index contributed by atoms with van der Waals surface area (Å²) in [5, 5.41) is 3.02. The molecule has 3 N–H and O–H groups in total. The predicted octanol–water partition coefficient (Wildman–Crippen LogP) is 3.56. The summed E-state index contributed by atoms with van der Waals surface area (Å²) in [6, 6.07) is 6.07. The average molecular weight is 364 g/mol. The smallest absolute Gasteiger partial charge is 0.227 e. The maximum Gasteiger partial charge on any atom is 0.227 e. The first-order chi connectivity index (χ1) is 8.99. The number of hydrogen-bond acceptors (Lipinski definition) is 2. The number of nitrogens with one attached hydrogen (secondary N) is 1. The third-order valence-corrected chi connectivity index (χ3v) is 4.46. The van der Waals surface area contributed by atoms with Crippen LogP contribution in [0.4, 0.5) is 0 Å². The zero-order valence-electron chi connectivity index (χ0n) is 12.3. The van der Waals surface area contributed by atoms with Crippen LogP contribution in [0, 0.1) is 12.3 Å². The molecule has 0 aliphatic heterocycles. The number of hydrogen-bond donors (Lipinski definition) is 2. The van der Waals surface area contributed by atoms with Gasteiger partial charge in [0.15, 0.2) is 0 Å². The van der Waals surface area contributed by atoms with E-state index in [9.17, 15) is 4.79 Å². The first kappa shape index (κ1) is 19.4. The van der Waals surface area contributed by atoms with Gasteiger partial charge in [-0.2, -0.15) is 0 Å². The quantitative estimate of drug-likeness (QED) is 0.812. The van der Waals surface area contributed by atoms with E-state index in [2.05, 4.69) is 27.3 Å². The fourth-order valence-corrected chi connectivity index (χ4v) is 2.65. The third-order valence-electron chi connectivity index (χ3n) is 3.97. The van der Waals surface area contributed by atoms with Crippen molar-refractivity contribution >= 4 is 34.2 Å². The van der Waals surface area contributed by atoms with Crippen molar-refractivity contribution in [3.05, 3.63) is 33.8 Å². The second-order valence-corrected chi connectivity index (χ2v) is 5.86. The number of aryl methyl sites for hydroxylation is 1. The monoisotopic (exact) mass is 362 g/mol. The van der Waals surface area contributed by atoms with E-state index in [-0.39, 0.29) is 18.3 Å². The molecule has 0 spiro atoms. The van der Waals surface area contributed by atoms with Gasteiger partial charge in [-0.15, -0.1) is 12.4 Å². The molecule has 0 radical (unpaired) electrons. The van der Waals surface area contributed by atoms with Crippen molar-refractivity contribution < 1.29 is 4.79 Å². The zero-order valence-corrected chi connectivity index (χ0v) is 14.7. The molecule has 0 atom stereocenters. The van der Waals surface area contributed by atoms with E-state index in [4.69, 9.17) is 5.73 Å². The van der Waals surface area contributed by atoms with Crippen molar-refractivity contribution in [1.82, 2.24) is 5.32 Å². The summed E-state index contributed by atoms with van der Waals surface area (Å²) in [5.41, 5.74) is 7.66. The minimum Gasteiger partial charge on any atom is -0.351 e. The number of benzene rings is 1. The maximum absolute atomic E-state index is 12.3. The third kappa shape index (κ3) is 4.47. The lowest BCUT2D eigenvalue weighted by Gasteiger charge is -2.28. The summed E-state index contributed by atoms with van der Waals surface area (Å²) in [6.45, 7) is 7.02. The summed E-state index contributed by atoms with van der Waals surface area (Å²) in [6.07, 6.45) is 1.54. The molecule has 3 nitrogen and oxygen atoms in total. The first-order valence-corrected chi connectivity index (χ1v) is 7.51. The molecule has 0 aliphatic rings. The first-order valence-electron chi connectivity index (χ1n) is 6.72. The molecule has 0 heterocycles. The van der Waals surface area contributed by atoms with Crippen LogP contribution in [0.3, 0.4) is 0 Å². The Bertz CT molecular complexity index is 439. The van der Waals surface area contributed by atoms with Gasteiger partial charge in [-0.25, -0.2) is 0 Å². The van der Waals surface area contributed by atoms with Crippen LogP contribution in [0.2, 0.25) is 0 Å². The molecule has 20 heavy (non-hydrogen) atoms. The van der Waals surface area contributed by atoms with Crippen LogP contribution in [-0.2, 0) is 11.3 Å². The maximum atomic E-state index is 12.3. The molecule has 1 amide bonds. The highest BCUT2D eigenvalue weighted by molar-refractivity contribution is 9.10. The molecule has 0 saturated heterocycles. The minimum absolute atomic E-state index is 0. The molecule has 5 heteroatoms. The number of carbonyl (C=O) groups is 1. The minimum atomic E-state index is -0.427. The van der Waals surface area contributed by atoms with Crippen LogP contribution in [0.25, 0.3) is 0 Å². The van der Waals surface area contributed by atoms with Gasteiger partial charge in [0, 0.05) is 17.6 Å². The van der Waals surface area contributed by atoms with Gasteiger partial charge in [0.1, 0.15) is 0 Å². The van der Waals surface area contributed by atoms with Crippen molar-refractivity contribution in [3.8, 4) is 0 Å². The van der Waals surface area contributed by atoms with Crippen molar-refractivity contribution in [2.24, 2.45) is 11.1 Å².